The van der Waals surface area contributed by atoms with Crippen LogP contribution in [-0.2, 0) is 9.47 Å². The van der Waals surface area contributed by atoms with E-state index >= 15 is 0 Å². The van der Waals surface area contributed by atoms with E-state index in [9.17, 15) is 4.79 Å². The number of aliphatic imine (C=N–C) groups is 1. The number of nitrogens with one attached hydrogen (secondary N) is 2. The summed E-state index contributed by atoms with van der Waals surface area (Å²) in [7, 11) is 1.63. The molecule has 2 N–H and O–H groups in total. The standard InChI is InChI=1S/C23H29N3O3/c1-5-6-7-8-12-29-23(27)22-15(2)18(25-16(22)3)13-20-21(28-4)14-19(26-20)17-10-9-11-24-17/h9-11,13-14,24-25H,5-8,12H2,1-4H3/b20-13-. The van der Waals surface area contributed by atoms with Gasteiger partial charge in [0.1, 0.15) is 11.5 Å². The molecular weight excluding hydrogens is 366 g/mol. The fraction of sp³-hybridized carbons (Fsp3) is 0.391. The average Bonchev–Trinajstić information content (AvgIpc) is 3.42. The largest absolute Gasteiger partial charge is 0.494 e. The van der Waals surface area contributed by atoms with E-state index in [0.29, 0.717) is 23.6 Å². The number of carbonyl (C=O) groups excluding carboxylic acids is 1. The molecule has 0 bridgehead atoms. The summed E-state index contributed by atoms with van der Waals surface area (Å²) >= 11 is 0. The highest BCUT2D eigenvalue weighted by atomic mass is 16.5. The van der Waals surface area contributed by atoms with E-state index in [1.165, 1.54) is 0 Å². The maximum absolute atomic E-state index is 12.6. The molecule has 2 aromatic heterocycles. The van der Waals surface area contributed by atoms with Gasteiger partial charge in [-0.1, -0.05) is 26.2 Å². The van der Waals surface area contributed by atoms with Crippen molar-refractivity contribution in [2.24, 2.45) is 4.99 Å². The van der Waals surface area contributed by atoms with Crippen molar-refractivity contribution in [3.05, 3.63) is 64.1 Å². The predicted molar refractivity (Wildman–Crippen MR) is 115 cm³/mol. The second-order valence-electron chi connectivity index (χ2n) is 7.18. The maximum Gasteiger partial charge on any atom is 0.340 e. The molecule has 1 aliphatic rings. The van der Waals surface area contributed by atoms with Gasteiger partial charge in [-0.05, 0) is 44.0 Å². The number of ether oxygens (including phenoxy) is 2. The molecule has 3 heterocycles. The van der Waals surface area contributed by atoms with Gasteiger partial charge in [-0.15, -0.1) is 0 Å². The van der Waals surface area contributed by atoms with Gasteiger partial charge < -0.3 is 19.4 Å². The van der Waals surface area contributed by atoms with Gasteiger partial charge in [0.05, 0.1) is 30.7 Å². The molecule has 3 rings (SSSR count). The van der Waals surface area contributed by atoms with Crippen LogP contribution in [0.2, 0.25) is 0 Å². The first-order valence-corrected chi connectivity index (χ1v) is 10.1. The lowest BCUT2D eigenvalue weighted by Crippen LogP contribution is -2.08. The van der Waals surface area contributed by atoms with E-state index in [1.54, 1.807) is 7.11 Å². The number of carbonyl (C=O) groups is 1. The van der Waals surface area contributed by atoms with Crippen LogP contribution in [0.15, 0.2) is 40.9 Å². The summed E-state index contributed by atoms with van der Waals surface area (Å²) in [5, 5.41) is 0. The lowest BCUT2D eigenvalue weighted by atomic mass is 10.1. The van der Waals surface area contributed by atoms with Gasteiger partial charge in [-0.3, -0.25) is 0 Å². The van der Waals surface area contributed by atoms with Crippen LogP contribution >= 0.6 is 0 Å². The Balaban J connectivity index is 1.79. The molecule has 154 valence electrons. The minimum Gasteiger partial charge on any atom is -0.494 e. The Hall–Kier alpha value is -3.02. The molecule has 0 unspecified atom stereocenters. The number of unbranched alkanes of at least 4 members (excludes halogenated alkanes) is 3. The third-order valence-electron chi connectivity index (χ3n) is 5.05. The zero-order valence-corrected chi connectivity index (χ0v) is 17.6. The van der Waals surface area contributed by atoms with Gasteiger partial charge in [0.2, 0.25) is 0 Å². The molecule has 1 aliphatic heterocycles. The highest BCUT2D eigenvalue weighted by Gasteiger charge is 2.21. The molecule has 0 saturated heterocycles. The number of aromatic nitrogens is 2. The van der Waals surface area contributed by atoms with Crippen molar-refractivity contribution >= 4 is 17.8 Å². The molecule has 29 heavy (non-hydrogen) atoms. The van der Waals surface area contributed by atoms with Crippen molar-refractivity contribution in [3.8, 4) is 0 Å². The highest BCUT2D eigenvalue weighted by molar-refractivity contribution is 6.11. The molecular formula is C23H29N3O3. The van der Waals surface area contributed by atoms with Crippen molar-refractivity contribution < 1.29 is 14.3 Å². The molecule has 0 amide bonds. The fourth-order valence-corrected chi connectivity index (χ4v) is 3.44. The van der Waals surface area contributed by atoms with Gasteiger partial charge in [0.25, 0.3) is 0 Å². The number of methoxy groups -OCH3 is 1. The Morgan fingerprint density at radius 2 is 2.07 bits per heavy atom. The van der Waals surface area contributed by atoms with Crippen LogP contribution in [-0.4, -0.2) is 35.4 Å². The van der Waals surface area contributed by atoms with Crippen molar-refractivity contribution in [1.82, 2.24) is 9.97 Å². The first-order chi connectivity index (χ1) is 14.0. The molecule has 0 aliphatic carbocycles. The van der Waals surface area contributed by atoms with Crippen molar-refractivity contribution in [2.75, 3.05) is 13.7 Å². The van der Waals surface area contributed by atoms with Crippen LogP contribution in [0.3, 0.4) is 0 Å². The normalized spacial score (nSPS) is 14.8. The Morgan fingerprint density at radius 3 is 2.76 bits per heavy atom. The van der Waals surface area contributed by atoms with Gasteiger partial charge in [-0.25, -0.2) is 9.79 Å². The van der Waals surface area contributed by atoms with E-state index in [4.69, 9.17) is 9.47 Å². The second kappa shape index (κ2) is 9.45. The van der Waals surface area contributed by atoms with Gasteiger partial charge in [-0.2, -0.15) is 0 Å². The van der Waals surface area contributed by atoms with E-state index in [-0.39, 0.29) is 5.97 Å². The van der Waals surface area contributed by atoms with E-state index in [0.717, 1.165) is 54.0 Å². The second-order valence-corrected chi connectivity index (χ2v) is 7.18. The molecule has 6 heteroatoms. The number of aryl methyl sites for hydroxylation is 1. The third-order valence-corrected chi connectivity index (χ3v) is 5.05. The maximum atomic E-state index is 12.6. The number of nitrogens with zero attached hydrogens (tertiary/aromatic N) is 1. The zero-order chi connectivity index (χ0) is 20.8. The number of hydrogen-bond acceptors (Lipinski definition) is 4. The Morgan fingerprint density at radius 1 is 1.24 bits per heavy atom. The summed E-state index contributed by atoms with van der Waals surface area (Å²) in [4.78, 5) is 23.7. The minimum absolute atomic E-state index is 0.276. The number of esters is 1. The molecule has 0 spiro atoms. The zero-order valence-electron chi connectivity index (χ0n) is 17.6. The molecule has 0 radical (unpaired) electrons. The summed E-state index contributed by atoms with van der Waals surface area (Å²) in [5.41, 5.74) is 5.52. The quantitative estimate of drug-likeness (QED) is 0.459. The van der Waals surface area contributed by atoms with E-state index < -0.39 is 0 Å². The fourth-order valence-electron chi connectivity index (χ4n) is 3.44. The van der Waals surface area contributed by atoms with Gasteiger partial charge in [0.15, 0.2) is 0 Å². The SMILES string of the molecule is CCCCCCOC(=O)c1c(C)[nH]c(/C=C2\N=C(c3ccc[nH]3)C=C2OC)c1C. The van der Waals surface area contributed by atoms with E-state index in [1.807, 2.05) is 44.3 Å². The van der Waals surface area contributed by atoms with Gasteiger partial charge >= 0.3 is 5.97 Å². The lowest BCUT2D eigenvalue weighted by molar-refractivity contribution is 0.0496. The van der Waals surface area contributed by atoms with Crippen LogP contribution in [0.25, 0.3) is 6.08 Å². The summed E-state index contributed by atoms with van der Waals surface area (Å²) in [6, 6.07) is 3.89. The smallest absolute Gasteiger partial charge is 0.340 e. The third kappa shape index (κ3) is 4.70. The average molecular weight is 396 g/mol. The monoisotopic (exact) mass is 395 g/mol. The number of aromatic amines is 2. The van der Waals surface area contributed by atoms with Gasteiger partial charge in [0, 0.05) is 23.7 Å². The lowest BCUT2D eigenvalue weighted by Gasteiger charge is -2.05. The molecule has 0 fully saturated rings. The van der Waals surface area contributed by atoms with Crippen molar-refractivity contribution in [2.45, 2.75) is 46.5 Å². The van der Waals surface area contributed by atoms with Crippen molar-refractivity contribution in [1.29, 1.82) is 0 Å². The number of hydrogen-bond donors (Lipinski definition) is 2. The summed E-state index contributed by atoms with van der Waals surface area (Å²) in [5.74, 6) is 0.406. The summed E-state index contributed by atoms with van der Waals surface area (Å²) in [6.45, 7) is 6.43. The van der Waals surface area contributed by atoms with E-state index in [2.05, 4.69) is 21.9 Å². The molecule has 0 atom stereocenters. The van der Waals surface area contributed by atoms with Crippen LogP contribution < -0.4 is 0 Å². The Kier molecular flexibility index (Phi) is 6.75. The van der Waals surface area contributed by atoms with Crippen LogP contribution in [0.1, 0.15) is 65.6 Å². The predicted octanol–water partition coefficient (Wildman–Crippen LogP) is 5.07. The molecule has 0 saturated carbocycles. The molecule has 0 aromatic carbocycles. The summed E-state index contributed by atoms with van der Waals surface area (Å²) < 4.78 is 11.0. The number of H-pyrrole nitrogens is 2. The Labute approximate surface area is 171 Å². The topological polar surface area (TPSA) is 79.5 Å². The van der Waals surface area contributed by atoms with Crippen molar-refractivity contribution in [3.63, 3.8) is 0 Å². The molecule has 6 nitrogen and oxygen atoms in total. The first kappa shape index (κ1) is 20.7. The first-order valence-electron chi connectivity index (χ1n) is 10.1. The summed E-state index contributed by atoms with van der Waals surface area (Å²) in [6.07, 6.45) is 9.97. The minimum atomic E-state index is -0.276. The number of rotatable bonds is 9. The van der Waals surface area contributed by atoms with Crippen LogP contribution in [0.5, 0.6) is 0 Å². The molecule has 2 aromatic rings. The highest BCUT2D eigenvalue weighted by Crippen LogP contribution is 2.27. The van der Waals surface area contributed by atoms with Crippen LogP contribution in [0.4, 0.5) is 0 Å². The van der Waals surface area contributed by atoms with Crippen LogP contribution in [0, 0.1) is 13.8 Å². The Bertz CT molecular complexity index is 946. The number of allylic oxidation sites excluding steroid dienone is 1.